The van der Waals surface area contributed by atoms with Gasteiger partial charge in [0, 0.05) is 5.39 Å². The largest absolute Gasteiger partial charge is 0.531 e. The molecule has 0 saturated heterocycles. The summed E-state index contributed by atoms with van der Waals surface area (Å²) in [4.78, 5) is 0. The van der Waals surface area contributed by atoms with E-state index in [2.05, 4.69) is 43.5 Å². The summed E-state index contributed by atoms with van der Waals surface area (Å²) in [5.74, 6) is 0.883. The van der Waals surface area contributed by atoms with Crippen molar-refractivity contribution in [2.24, 2.45) is 0 Å². The first kappa shape index (κ1) is 14.4. The Balaban J connectivity index is 2.11. The van der Waals surface area contributed by atoms with Crippen LogP contribution in [0.3, 0.4) is 0 Å². The molecule has 0 atom stereocenters. The third kappa shape index (κ3) is 2.49. The lowest BCUT2D eigenvalue weighted by Crippen LogP contribution is -2.50. The molecule has 3 rings (SSSR count). The van der Waals surface area contributed by atoms with Crippen molar-refractivity contribution in [2.45, 2.75) is 0 Å². The molecule has 0 heterocycles. The topological polar surface area (TPSA) is 9.23 Å². The zero-order chi connectivity index (χ0) is 15.4. The van der Waals surface area contributed by atoms with Crippen LogP contribution in [0, 0.1) is 0 Å². The number of rotatable bonds is 5. The molecule has 0 amide bonds. The molecule has 0 saturated carbocycles. The lowest BCUT2D eigenvalue weighted by Gasteiger charge is -2.26. The lowest BCUT2D eigenvalue weighted by atomic mass is 10.1. The standard InChI is InChI=1S/C20H18OSi/c1-3-22(4-2,18-13-6-5-7-14-18)21-20-16-10-12-17-11-8-9-15-19(17)20/h3-16H,1-2H2. The fourth-order valence-corrected chi connectivity index (χ4v) is 4.80. The summed E-state index contributed by atoms with van der Waals surface area (Å²) in [6.45, 7) is 8.04. The summed E-state index contributed by atoms with van der Waals surface area (Å²) in [5, 5.41) is 3.43. The molecule has 22 heavy (non-hydrogen) atoms. The van der Waals surface area contributed by atoms with Gasteiger partial charge in [0.15, 0.2) is 0 Å². The van der Waals surface area contributed by atoms with E-state index in [1.165, 1.54) is 5.39 Å². The first-order chi connectivity index (χ1) is 10.8. The van der Waals surface area contributed by atoms with Crippen molar-refractivity contribution in [3.63, 3.8) is 0 Å². The zero-order valence-corrected chi connectivity index (χ0v) is 13.4. The maximum atomic E-state index is 6.50. The highest BCUT2D eigenvalue weighted by Gasteiger charge is 2.33. The van der Waals surface area contributed by atoms with E-state index >= 15 is 0 Å². The van der Waals surface area contributed by atoms with Crippen LogP contribution < -0.4 is 9.61 Å². The van der Waals surface area contributed by atoms with Crippen LogP contribution in [-0.4, -0.2) is 8.32 Å². The Hall–Kier alpha value is -2.58. The average Bonchev–Trinajstić information content (AvgIpc) is 2.61. The first-order valence-corrected chi connectivity index (χ1v) is 9.35. The van der Waals surface area contributed by atoms with Gasteiger partial charge in [0.2, 0.25) is 0 Å². The zero-order valence-electron chi connectivity index (χ0n) is 12.4. The molecule has 0 bridgehead atoms. The highest BCUT2D eigenvalue weighted by molar-refractivity contribution is 6.95. The van der Waals surface area contributed by atoms with E-state index in [0.29, 0.717) is 0 Å². The van der Waals surface area contributed by atoms with E-state index in [1.807, 2.05) is 53.9 Å². The van der Waals surface area contributed by atoms with Gasteiger partial charge >= 0.3 is 8.32 Å². The summed E-state index contributed by atoms with van der Waals surface area (Å²) in [6.07, 6.45) is 0. The van der Waals surface area contributed by atoms with E-state index in [4.69, 9.17) is 4.43 Å². The molecule has 0 aliphatic heterocycles. The molecular formula is C20H18OSi. The Kier molecular flexibility index (Phi) is 3.94. The fraction of sp³-hybridized carbons (Fsp3) is 0. The molecule has 0 N–H and O–H groups in total. The molecule has 3 aromatic rings. The summed E-state index contributed by atoms with van der Waals surface area (Å²) in [6, 6.07) is 24.6. The molecule has 1 nitrogen and oxygen atoms in total. The van der Waals surface area contributed by atoms with Crippen molar-refractivity contribution in [3.05, 3.63) is 97.4 Å². The predicted molar refractivity (Wildman–Crippen MR) is 96.8 cm³/mol. The quantitative estimate of drug-likeness (QED) is 0.630. The number of hydrogen-bond donors (Lipinski definition) is 0. The summed E-state index contributed by atoms with van der Waals surface area (Å²) in [7, 11) is -2.45. The second-order valence-electron chi connectivity index (χ2n) is 5.15. The Morgan fingerprint density at radius 3 is 2.09 bits per heavy atom. The van der Waals surface area contributed by atoms with Crippen LogP contribution in [-0.2, 0) is 0 Å². The van der Waals surface area contributed by atoms with E-state index in [-0.39, 0.29) is 0 Å². The van der Waals surface area contributed by atoms with Crippen LogP contribution in [0.25, 0.3) is 10.8 Å². The number of fused-ring (bicyclic) bond motifs is 1. The van der Waals surface area contributed by atoms with E-state index in [1.54, 1.807) is 0 Å². The highest BCUT2D eigenvalue weighted by atomic mass is 28.4. The Labute approximate surface area is 132 Å². The molecule has 0 aromatic heterocycles. The van der Waals surface area contributed by atoms with Gasteiger partial charge in [0.05, 0.1) is 0 Å². The van der Waals surface area contributed by atoms with Crippen LogP contribution in [0.2, 0.25) is 0 Å². The van der Waals surface area contributed by atoms with Gasteiger partial charge in [-0.3, -0.25) is 0 Å². The molecule has 0 aliphatic carbocycles. The van der Waals surface area contributed by atoms with Crippen LogP contribution >= 0.6 is 0 Å². The first-order valence-electron chi connectivity index (χ1n) is 7.28. The van der Waals surface area contributed by atoms with Crippen molar-refractivity contribution in [3.8, 4) is 5.75 Å². The Bertz CT molecular complexity index is 795. The van der Waals surface area contributed by atoms with E-state index in [9.17, 15) is 0 Å². The number of hydrogen-bond acceptors (Lipinski definition) is 1. The molecular weight excluding hydrogens is 284 g/mol. The third-order valence-corrected chi connectivity index (χ3v) is 6.87. The minimum atomic E-state index is -2.45. The van der Waals surface area contributed by atoms with Crippen molar-refractivity contribution >= 4 is 24.3 Å². The van der Waals surface area contributed by atoms with Crippen LogP contribution in [0.1, 0.15) is 0 Å². The van der Waals surface area contributed by atoms with Crippen LogP contribution in [0.4, 0.5) is 0 Å². The second kappa shape index (κ2) is 6.04. The summed E-state index contributed by atoms with van der Waals surface area (Å²) in [5.41, 5.74) is 3.86. The second-order valence-corrected chi connectivity index (χ2v) is 8.33. The van der Waals surface area contributed by atoms with E-state index in [0.717, 1.165) is 16.3 Å². The molecule has 2 heteroatoms. The average molecular weight is 302 g/mol. The molecule has 0 unspecified atom stereocenters. The SMILES string of the molecule is C=C[Si](C=C)(Oc1cccc2ccccc12)c1ccccc1. The van der Waals surface area contributed by atoms with Crippen LogP contribution in [0.15, 0.2) is 97.4 Å². The third-order valence-electron chi connectivity index (χ3n) is 3.86. The molecule has 3 aromatic carbocycles. The minimum absolute atomic E-state index is 0.883. The predicted octanol–water partition coefficient (Wildman–Crippen LogP) is 4.52. The minimum Gasteiger partial charge on any atom is -0.531 e. The van der Waals surface area contributed by atoms with Gasteiger partial charge in [-0.2, -0.15) is 0 Å². The van der Waals surface area contributed by atoms with Gasteiger partial charge < -0.3 is 4.43 Å². The maximum absolute atomic E-state index is 6.50. The molecule has 108 valence electrons. The molecule has 0 spiro atoms. The smallest absolute Gasteiger partial charge is 0.331 e. The monoisotopic (exact) mass is 302 g/mol. The highest BCUT2D eigenvalue weighted by Crippen LogP contribution is 2.28. The van der Waals surface area contributed by atoms with Crippen LogP contribution in [0.5, 0.6) is 5.75 Å². The van der Waals surface area contributed by atoms with Gasteiger partial charge in [0.25, 0.3) is 0 Å². The van der Waals surface area contributed by atoms with Crippen molar-refractivity contribution < 1.29 is 4.43 Å². The van der Waals surface area contributed by atoms with Gasteiger partial charge in [-0.05, 0) is 16.6 Å². The van der Waals surface area contributed by atoms with Gasteiger partial charge in [-0.1, -0.05) is 78.1 Å². The lowest BCUT2D eigenvalue weighted by molar-refractivity contribution is 0.582. The Morgan fingerprint density at radius 1 is 0.727 bits per heavy atom. The fourth-order valence-electron chi connectivity index (χ4n) is 2.63. The molecule has 0 fully saturated rings. The van der Waals surface area contributed by atoms with Gasteiger partial charge in [0.1, 0.15) is 5.75 Å². The van der Waals surface area contributed by atoms with Gasteiger partial charge in [-0.25, -0.2) is 0 Å². The Morgan fingerprint density at radius 2 is 1.36 bits per heavy atom. The van der Waals surface area contributed by atoms with E-state index < -0.39 is 8.32 Å². The van der Waals surface area contributed by atoms with Crippen molar-refractivity contribution in [1.29, 1.82) is 0 Å². The van der Waals surface area contributed by atoms with Crippen molar-refractivity contribution in [2.75, 3.05) is 0 Å². The van der Waals surface area contributed by atoms with Crippen molar-refractivity contribution in [1.82, 2.24) is 0 Å². The van der Waals surface area contributed by atoms with Gasteiger partial charge in [-0.15, -0.1) is 13.2 Å². The normalized spacial score (nSPS) is 11.1. The summed E-state index contributed by atoms with van der Waals surface area (Å²) < 4.78 is 6.50. The molecule has 0 aliphatic rings. The number of benzene rings is 3. The maximum Gasteiger partial charge on any atom is 0.331 e. The molecule has 0 radical (unpaired) electrons. The summed E-state index contributed by atoms with van der Waals surface area (Å²) >= 11 is 0.